The minimum atomic E-state index is -3.78. The lowest BCUT2D eigenvalue weighted by Crippen LogP contribution is -2.46. The summed E-state index contributed by atoms with van der Waals surface area (Å²) in [6.07, 6.45) is 2.88. The summed E-state index contributed by atoms with van der Waals surface area (Å²) >= 11 is 0. The molecule has 146 valence electrons. The summed E-state index contributed by atoms with van der Waals surface area (Å²) in [6.45, 7) is 8.07. The van der Waals surface area contributed by atoms with Crippen molar-refractivity contribution in [1.29, 1.82) is 0 Å². The van der Waals surface area contributed by atoms with Gasteiger partial charge in [-0.15, -0.1) is 0 Å². The van der Waals surface area contributed by atoms with Crippen LogP contribution in [0.2, 0.25) is 0 Å². The molecule has 1 heterocycles. The van der Waals surface area contributed by atoms with Crippen LogP contribution in [0.3, 0.4) is 0 Å². The Bertz CT molecular complexity index is 706. The summed E-state index contributed by atoms with van der Waals surface area (Å²) in [7, 11) is -3.78. The van der Waals surface area contributed by atoms with Gasteiger partial charge in [-0.2, -0.15) is 8.42 Å². The van der Waals surface area contributed by atoms with Crippen LogP contribution in [-0.4, -0.2) is 44.2 Å². The number of likely N-dealkylation sites (tertiary alicyclic amines) is 1. The molecule has 1 aromatic rings. The van der Waals surface area contributed by atoms with Gasteiger partial charge in [-0.25, -0.2) is 4.79 Å². The van der Waals surface area contributed by atoms with Crippen molar-refractivity contribution in [3.8, 4) is 0 Å². The van der Waals surface area contributed by atoms with Crippen LogP contribution < -0.4 is 0 Å². The molecule has 0 aromatic heterocycles. The van der Waals surface area contributed by atoms with E-state index < -0.39 is 15.7 Å². The zero-order valence-electron chi connectivity index (χ0n) is 16.0. The molecule has 26 heavy (non-hydrogen) atoms. The summed E-state index contributed by atoms with van der Waals surface area (Å²) in [5.74, 6) is 0. The number of benzene rings is 1. The minimum absolute atomic E-state index is 0.0418. The first-order valence-electron chi connectivity index (χ1n) is 9.04. The molecule has 1 fully saturated rings. The third-order valence-electron chi connectivity index (χ3n) is 4.25. The predicted octanol–water partition coefficient (Wildman–Crippen LogP) is 3.88. The number of aryl methyl sites for hydroxylation is 1. The van der Waals surface area contributed by atoms with Crippen molar-refractivity contribution in [2.45, 2.75) is 69.9 Å². The quantitative estimate of drug-likeness (QED) is 0.722. The monoisotopic (exact) mass is 383 g/mol. The van der Waals surface area contributed by atoms with Crippen LogP contribution in [0.5, 0.6) is 0 Å². The highest BCUT2D eigenvalue weighted by atomic mass is 32.2. The Morgan fingerprint density at radius 3 is 2.46 bits per heavy atom. The second-order valence-electron chi connectivity index (χ2n) is 7.70. The van der Waals surface area contributed by atoms with Crippen LogP contribution in [0.1, 0.15) is 52.0 Å². The molecular weight excluding hydrogens is 354 g/mol. The third kappa shape index (κ3) is 5.99. The number of carbonyl (C=O) groups excluding carboxylic acids is 1. The van der Waals surface area contributed by atoms with Crippen molar-refractivity contribution in [3.63, 3.8) is 0 Å². The third-order valence-corrected chi connectivity index (χ3v) is 5.58. The molecule has 0 N–H and O–H groups in total. The highest BCUT2D eigenvalue weighted by Crippen LogP contribution is 2.23. The van der Waals surface area contributed by atoms with Crippen molar-refractivity contribution >= 4 is 16.2 Å². The minimum Gasteiger partial charge on any atom is -0.444 e. The first-order valence-corrected chi connectivity index (χ1v) is 10.4. The Labute approximate surface area is 156 Å². The fourth-order valence-electron chi connectivity index (χ4n) is 2.93. The lowest BCUT2D eigenvalue weighted by Gasteiger charge is -2.36. The van der Waals surface area contributed by atoms with Crippen molar-refractivity contribution in [1.82, 2.24) is 4.90 Å². The number of nitrogens with zero attached hydrogens (tertiary/aromatic N) is 1. The first kappa shape index (κ1) is 20.7. The van der Waals surface area contributed by atoms with Crippen LogP contribution in [0.4, 0.5) is 4.79 Å². The van der Waals surface area contributed by atoms with Gasteiger partial charge in [0.15, 0.2) is 0 Å². The van der Waals surface area contributed by atoms with Gasteiger partial charge >= 0.3 is 6.09 Å². The molecule has 1 aromatic carbocycles. The van der Waals surface area contributed by atoms with Crippen LogP contribution in [0.15, 0.2) is 29.2 Å². The van der Waals surface area contributed by atoms with Gasteiger partial charge in [-0.05, 0) is 65.5 Å². The van der Waals surface area contributed by atoms with Gasteiger partial charge in [-0.3, -0.25) is 4.18 Å². The maximum Gasteiger partial charge on any atom is 0.410 e. The maximum atomic E-state index is 12.4. The normalized spacial score (nSPS) is 18.6. The van der Waals surface area contributed by atoms with Gasteiger partial charge in [0.1, 0.15) is 5.60 Å². The summed E-state index contributed by atoms with van der Waals surface area (Å²) in [4.78, 5) is 14.2. The molecule has 0 saturated carbocycles. The van der Waals surface area contributed by atoms with Gasteiger partial charge < -0.3 is 9.64 Å². The fraction of sp³-hybridized carbons (Fsp3) is 0.632. The van der Waals surface area contributed by atoms with E-state index in [-0.39, 0.29) is 23.6 Å². The summed E-state index contributed by atoms with van der Waals surface area (Å²) in [6, 6.07) is 6.49. The molecule has 0 aliphatic carbocycles. The van der Waals surface area contributed by atoms with Gasteiger partial charge in [0.25, 0.3) is 10.1 Å². The molecule has 1 amide bonds. The lowest BCUT2D eigenvalue weighted by atomic mass is 10.0. The van der Waals surface area contributed by atoms with Crippen LogP contribution >= 0.6 is 0 Å². The second kappa shape index (κ2) is 8.39. The van der Waals surface area contributed by atoms with Crippen molar-refractivity contribution < 1.29 is 22.1 Å². The molecule has 1 saturated heterocycles. The summed E-state index contributed by atoms with van der Waals surface area (Å²) in [5.41, 5.74) is 0.434. The maximum absolute atomic E-state index is 12.4. The van der Waals surface area contributed by atoms with E-state index in [1.54, 1.807) is 17.0 Å². The van der Waals surface area contributed by atoms with Crippen LogP contribution in [-0.2, 0) is 19.0 Å². The fourth-order valence-corrected chi connectivity index (χ4v) is 3.85. The van der Waals surface area contributed by atoms with E-state index in [1.165, 1.54) is 12.1 Å². The average Bonchev–Trinajstić information content (AvgIpc) is 2.54. The Kier molecular flexibility index (Phi) is 6.69. The lowest BCUT2D eigenvalue weighted by molar-refractivity contribution is 0.00757. The summed E-state index contributed by atoms with van der Waals surface area (Å²) in [5, 5.41) is 0. The molecule has 0 bridgehead atoms. The Balaban J connectivity index is 1.93. The molecule has 0 spiro atoms. The number of ether oxygens (including phenoxy) is 1. The number of piperidine rings is 1. The molecular formula is C19H29NO5S. The van der Waals surface area contributed by atoms with Gasteiger partial charge in [-0.1, -0.05) is 17.7 Å². The SMILES string of the molecule is Cc1ccc(S(=O)(=O)OCCC2CCCCN2C(=O)OC(C)(C)C)cc1. The van der Waals surface area contributed by atoms with Crippen molar-refractivity contribution in [2.75, 3.05) is 13.2 Å². The average molecular weight is 384 g/mol. The van der Waals surface area contributed by atoms with E-state index in [2.05, 4.69) is 0 Å². The van der Waals surface area contributed by atoms with Crippen molar-refractivity contribution in [2.24, 2.45) is 0 Å². The molecule has 1 aliphatic rings. The van der Waals surface area contributed by atoms with E-state index >= 15 is 0 Å². The molecule has 1 aliphatic heterocycles. The summed E-state index contributed by atoms with van der Waals surface area (Å²) < 4.78 is 35.2. The van der Waals surface area contributed by atoms with Gasteiger partial charge in [0.2, 0.25) is 0 Å². The largest absolute Gasteiger partial charge is 0.444 e. The molecule has 1 unspecified atom stereocenters. The van der Waals surface area contributed by atoms with E-state index in [9.17, 15) is 13.2 Å². The van der Waals surface area contributed by atoms with Crippen LogP contribution in [0, 0.1) is 6.92 Å². The molecule has 2 rings (SSSR count). The number of amides is 1. The Morgan fingerprint density at radius 1 is 1.19 bits per heavy atom. The van der Waals surface area contributed by atoms with E-state index in [1.807, 2.05) is 27.7 Å². The Hall–Kier alpha value is -1.60. The van der Waals surface area contributed by atoms with Gasteiger partial charge in [0.05, 0.1) is 11.5 Å². The molecule has 7 heteroatoms. The molecule has 6 nitrogen and oxygen atoms in total. The zero-order chi connectivity index (χ0) is 19.4. The van der Waals surface area contributed by atoms with Crippen molar-refractivity contribution in [3.05, 3.63) is 29.8 Å². The highest BCUT2D eigenvalue weighted by molar-refractivity contribution is 7.86. The van der Waals surface area contributed by atoms with E-state index in [0.29, 0.717) is 13.0 Å². The van der Waals surface area contributed by atoms with Crippen LogP contribution in [0.25, 0.3) is 0 Å². The number of hydrogen-bond acceptors (Lipinski definition) is 5. The second-order valence-corrected chi connectivity index (χ2v) is 9.32. The number of hydrogen-bond donors (Lipinski definition) is 0. The number of rotatable bonds is 5. The highest BCUT2D eigenvalue weighted by Gasteiger charge is 2.30. The predicted molar refractivity (Wildman–Crippen MR) is 99.5 cm³/mol. The molecule has 0 radical (unpaired) electrons. The molecule has 1 atom stereocenters. The topological polar surface area (TPSA) is 72.9 Å². The Morgan fingerprint density at radius 2 is 1.85 bits per heavy atom. The zero-order valence-corrected chi connectivity index (χ0v) is 16.8. The smallest absolute Gasteiger partial charge is 0.410 e. The van der Waals surface area contributed by atoms with Gasteiger partial charge in [0, 0.05) is 12.6 Å². The van der Waals surface area contributed by atoms with E-state index in [0.717, 1.165) is 24.8 Å². The number of carbonyl (C=O) groups is 1. The first-order chi connectivity index (χ1) is 12.1. The standard InChI is InChI=1S/C19H29NO5S/c1-15-8-10-17(11-9-15)26(22,23)24-14-12-16-7-5-6-13-20(16)18(21)25-19(2,3)4/h8-11,16H,5-7,12-14H2,1-4H3. The van der Waals surface area contributed by atoms with E-state index in [4.69, 9.17) is 8.92 Å².